The molecule has 20 heteroatoms. The number of allylic oxidation sites excluding steroid dienone is 1. The second-order valence-corrected chi connectivity index (χ2v) is 16.7. The molecule has 0 radical (unpaired) electrons. The third-order valence-electron chi connectivity index (χ3n) is 11.0. The normalized spacial score (nSPS) is 17.4. The monoisotopic (exact) mass is 956 g/mol. The minimum absolute atomic E-state index is 0.142. The van der Waals surface area contributed by atoms with Gasteiger partial charge >= 0.3 is 12.0 Å². The summed E-state index contributed by atoms with van der Waals surface area (Å²) >= 11 is 12.2. The number of carbonyl (C=O) groups excluding carboxylic acids is 2. The number of ether oxygens (including phenoxy) is 2. The zero-order chi connectivity index (χ0) is 49.1. The molecule has 0 saturated carbocycles. The van der Waals surface area contributed by atoms with E-state index in [4.69, 9.17) is 49.1 Å². The van der Waals surface area contributed by atoms with Crippen molar-refractivity contribution in [3.05, 3.63) is 173 Å². The first-order valence-corrected chi connectivity index (χ1v) is 21.5. The van der Waals surface area contributed by atoms with Gasteiger partial charge in [-0.2, -0.15) is 0 Å². The Labute approximate surface area is 400 Å². The van der Waals surface area contributed by atoms with E-state index in [1.807, 2.05) is 24.3 Å². The molecule has 0 aliphatic carbocycles. The van der Waals surface area contributed by atoms with Crippen LogP contribution in [0, 0.1) is 13.8 Å². The van der Waals surface area contributed by atoms with E-state index < -0.39 is 12.1 Å². The number of methoxy groups -OCH3 is 2. The summed E-state index contributed by atoms with van der Waals surface area (Å²) in [4.78, 5) is 80.8. The van der Waals surface area contributed by atoms with Crippen molar-refractivity contribution in [3.8, 4) is 12.0 Å². The highest BCUT2D eigenvalue weighted by molar-refractivity contribution is 6.36. The van der Waals surface area contributed by atoms with Gasteiger partial charge in [-0.05, 0) is 75.2 Å². The Bertz CT molecular complexity index is 3130. The molecule has 4 N–H and O–H groups in total. The highest BCUT2D eigenvalue weighted by atomic mass is 35.5. The molecule has 2 atom stereocenters. The molecule has 1 fully saturated rings. The number of aromatic nitrogens is 6. The van der Waals surface area contributed by atoms with E-state index in [1.165, 1.54) is 48.1 Å². The summed E-state index contributed by atoms with van der Waals surface area (Å²) < 4.78 is 12.9. The topological polar surface area (TPSA) is 231 Å². The van der Waals surface area contributed by atoms with Gasteiger partial charge in [0.1, 0.15) is 23.5 Å². The Morgan fingerprint density at radius 1 is 0.662 bits per heavy atom. The van der Waals surface area contributed by atoms with Crippen molar-refractivity contribution in [2.45, 2.75) is 39.8 Å². The number of aryl methyl sites for hydroxylation is 4. The van der Waals surface area contributed by atoms with Crippen molar-refractivity contribution in [1.82, 2.24) is 29.1 Å². The fraction of sp³-hybridized carbons (Fsp3) is 0.208. The number of carbonyl (C=O) groups is 2. The molecule has 8 rings (SSSR count). The zero-order valence-corrected chi connectivity index (χ0v) is 39.7. The van der Waals surface area contributed by atoms with Crippen LogP contribution in [0.25, 0.3) is 0 Å². The molecular formula is C48H46Cl2N12O6. The largest absolute Gasteiger partial charge is 0.467 e. The van der Waals surface area contributed by atoms with E-state index in [9.17, 15) is 19.2 Å². The maximum Gasteiger partial charge on any atom is 0.316 e. The first-order valence-electron chi connectivity index (χ1n) is 20.8. The van der Waals surface area contributed by atoms with Gasteiger partial charge in [-0.15, -0.1) is 0 Å². The second kappa shape index (κ2) is 19.9. The van der Waals surface area contributed by atoms with Gasteiger partial charge in [0, 0.05) is 53.4 Å². The third kappa shape index (κ3) is 9.63. The quantitative estimate of drug-likeness (QED) is 0.117. The first kappa shape index (κ1) is 48.0. The lowest BCUT2D eigenvalue weighted by atomic mass is 9.99. The Hall–Kier alpha value is -7.96. The summed E-state index contributed by atoms with van der Waals surface area (Å²) in [5.41, 5.74) is 19.1. The van der Waals surface area contributed by atoms with E-state index in [0.29, 0.717) is 66.7 Å². The van der Waals surface area contributed by atoms with Crippen molar-refractivity contribution < 1.29 is 19.1 Å². The van der Waals surface area contributed by atoms with Crippen LogP contribution in [0.3, 0.4) is 0 Å². The number of benzene rings is 2. The van der Waals surface area contributed by atoms with Gasteiger partial charge in [-0.3, -0.25) is 29.0 Å². The number of hydrogen-bond donors (Lipinski definition) is 2. The summed E-state index contributed by atoms with van der Waals surface area (Å²) in [6.07, 6.45) is 9.25. The smallest absolute Gasteiger partial charge is 0.316 e. The lowest BCUT2D eigenvalue weighted by molar-refractivity contribution is -0.115. The van der Waals surface area contributed by atoms with E-state index in [0.717, 1.165) is 11.1 Å². The zero-order valence-electron chi connectivity index (χ0n) is 38.2. The summed E-state index contributed by atoms with van der Waals surface area (Å²) in [5.74, 6) is -0.655. The van der Waals surface area contributed by atoms with Crippen LogP contribution in [0.15, 0.2) is 140 Å². The summed E-state index contributed by atoms with van der Waals surface area (Å²) in [5, 5.41) is 1.13. The minimum atomic E-state index is -0.628. The highest BCUT2D eigenvalue weighted by Gasteiger charge is 2.45. The van der Waals surface area contributed by atoms with Gasteiger partial charge in [0.05, 0.1) is 78.6 Å². The van der Waals surface area contributed by atoms with Crippen LogP contribution in [-0.2, 0) is 23.7 Å². The van der Waals surface area contributed by atoms with Crippen LogP contribution in [-0.4, -0.2) is 66.5 Å². The van der Waals surface area contributed by atoms with Crippen LogP contribution in [0.2, 0.25) is 10.0 Å². The number of amides is 2. The fourth-order valence-electron chi connectivity index (χ4n) is 7.86. The van der Waals surface area contributed by atoms with Crippen molar-refractivity contribution >= 4 is 69.2 Å². The van der Waals surface area contributed by atoms with Gasteiger partial charge in [-0.25, -0.2) is 29.9 Å². The molecule has 2 aromatic carbocycles. The van der Waals surface area contributed by atoms with Crippen LogP contribution in [0.5, 0.6) is 12.0 Å². The fourth-order valence-corrected chi connectivity index (χ4v) is 8.11. The van der Waals surface area contributed by atoms with Crippen molar-refractivity contribution in [2.24, 2.45) is 35.5 Å². The molecule has 2 aliphatic heterocycles. The predicted molar refractivity (Wildman–Crippen MR) is 261 cm³/mol. The predicted octanol–water partition coefficient (Wildman–Crippen LogP) is 6.48. The first-order chi connectivity index (χ1) is 32.4. The molecule has 0 spiro atoms. The molecule has 2 unspecified atom stereocenters. The molecule has 6 aromatic rings. The Morgan fingerprint density at radius 2 is 1.09 bits per heavy atom. The number of hydrogen-bond acceptors (Lipinski definition) is 14. The lowest BCUT2D eigenvalue weighted by Gasteiger charge is -2.27. The Morgan fingerprint density at radius 3 is 1.51 bits per heavy atom. The van der Waals surface area contributed by atoms with E-state index in [1.54, 1.807) is 100 Å². The van der Waals surface area contributed by atoms with Crippen LogP contribution >= 0.6 is 23.2 Å². The number of aliphatic imine (C=N–C) groups is 2. The van der Waals surface area contributed by atoms with Crippen molar-refractivity contribution in [1.29, 1.82) is 0 Å². The molecule has 68 heavy (non-hydrogen) atoms. The average Bonchev–Trinajstić information content (AvgIpc) is 3.76. The number of anilines is 2. The number of halogens is 2. The van der Waals surface area contributed by atoms with Crippen LogP contribution < -0.4 is 41.9 Å². The maximum absolute atomic E-state index is 13.7. The van der Waals surface area contributed by atoms with E-state index >= 15 is 0 Å². The SMILES string of the molecule is COc1ncc(N=C(C)C2=C(N)C(c3ccc(Cl)cc3)N(c3cc(C)c(=O)n(C)c3)C2=O)cn1.COc1ncc(N=C2C(=C(C)N)C(=O)N(c3cc(C)c(=O)n(C)c3)C2c2ccc(Cl)cc2)cn1. The second-order valence-electron chi connectivity index (χ2n) is 15.8. The number of nitrogens with zero attached hydrogens (tertiary/aromatic N) is 10. The van der Waals surface area contributed by atoms with Gasteiger partial charge < -0.3 is 30.1 Å². The maximum atomic E-state index is 13.7. The molecule has 18 nitrogen and oxygen atoms in total. The summed E-state index contributed by atoms with van der Waals surface area (Å²) in [6.45, 7) is 6.77. The number of pyridine rings is 2. The van der Waals surface area contributed by atoms with Gasteiger partial charge in [-0.1, -0.05) is 47.5 Å². The average molecular weight is 958 g/mol. The van der Waals surface area contributed by atoms with E-state index in [2.05, 4.69) is 24.9 Å². The molecule has 0 bridgehead atoms. The number of rotatable bonds is 9. The summed E-state index contributed by atoms with van der Waals surface area (Å²) in [6, 6.07) is 16.8. The van der Waals surface area contributed by atoms with Crippen LogP contribution in [0.1, 0.15) is 48.2 Å². The molecule has 2 aliphatic rings. The highest BCUT2D eigenvalue weighted by Crippen LogP contribution is 2.42. The Kier molecular flexibility index (Phi) is 14.0. The van der Waals surface area contributed by atoms with Gasteiger partial charge in [0.25, 0.3) is 22.9 Å². The van der Waals surface area contributed by atoms with Crippen molar-refractivity contribution in [2.75, 3.05) is 24.0 Å². The van der Waals surface area contributed by atoms with E-state index in [-0.39, 0.29) is 46.1 Å². The van der Waals surface area contributed by atoms with Crippen molar-refractivity contribution in [3.63, 3.8) is 0 Å². The molecule has 2 amide bonds. The van der Waals surface area contributed by atoms with Gasteiger partial charge in [0.15, 0.2) is 0 Å². The van der Waals surface area contributed by atoms with Gasteiger partial charge in [0.2, 0.25) is 0 Å². The molecule has 4 aromatic heterocycles. The molecule has 6 heterocycles. The molecule has 1 saturated heterocycles. The standard InChI is InChI=1S/2C24H23ClN6O3/c1-13-9-18(12-30(3)22(13)32)31-21(15-5-7-16(25)8-6-15)20(26)19(23(31)33)14(2)29-17-10-27-24(34-4)28-11-17;1-13-9-18(12-30(3)22(13)32)31-21(15-5-7-16(25)8-6-15)20(19(14(2)26)23(31)33)29-17-10-27-24(34-4)28-11-17/h2*5-12,21H,26H2,1-4H3. The minimum Gasteiger partial charge on any atom is -0.467 e. The molecule has 348 valence electrons. The Balaban J connectivity index is 0.000000201. The third-order valence-corrected chi connectivity index (χ3v) is 11.5. The lowest BCUT2D eigenvalue weighted by Crippen LogP contribution is -2.33. The summed E-state index contributed by atoms with van der Waals surface area (Å²) in [7, 11) is 6.23. The number of nitrogens with two attached hydrogens (primary N) is 2. The molecular weight excluding hydrogens is 912 g/mol. The van der Waals surface area contributed by atoms with Crippen LogP contribution in [0.4, 0.5) is 22.7 Å².